The van der Waals surface area contributed by atoms with Gasteiger partial charge in [0.1, 0.15) is 5.82 Å². The summed E-state index contributed by atoms with van der Waals surface area (Å²) < 4.78 is 51.7. The number of halogens is 4. The van der Waals surface area contributed by atoms with Crippen LogP contribution >= 0.6 is 0 Å². The van der Waals surface area contributed by atoms with Crippen LogP contribution < -0.4 is 5.32 Å². The van der Waals surface area contributed by atoms with Crippen molar-refractivity contribution in [1.29, 1.82) is 0 Å². The summed E-state index contributed by atoms with van der Waals surface area (Å²) in [5.41, 5.74) is 0.591. The molecule has 0 amide bonds. The van der Waals surface area contributed by atoms with Crippen molar-refractivity contribution in [3.05, 3.63) is 35.6 Å². The fourth-order valence-corrected chi connectivity index (χ4v) is 3.74. The predicted molar refractivity (Wildman–Crippen MR) is 109 cm³/mol. The number of guanidine groups is 1. The number of alkyl halides is 3. The first-order valence-electron chi connectivity index (χ1n) is 10.0. The second-order valence-corrected chi connectivity index (χ2v) is 8.34. The van der Waals surface area contributed by atoms with Gasteiger partial charge in [-0.15, -0.1) is 0 Å². The Hall–Kier alpha value is -1.83. The summed E-state index contributed by atoms with van der Waals surface area (Å²) in [4.78, 5) is 7.89. The number of benzene rings is 1. The SMILES string of the molecule is CCN(CC1CCN(C(=NC)NCC(C)(C)c2cccc(F)c2)C1)CC(F)(F)F. The van der Waals surface area contributed by atoms with E-state index in [0.29, 0.717) is 26.2 Å². The molecule has 8 heteroatoms. The highest BCUT2D eigenvalue weighted by Crippen LogP contribution is 2.24. The molecule has 1 N–H and O–H groups in total. The molecule has 0 radical (unpaired) electrons. The van der Waals surface area contributed by atoms with E-state index in [-0.39, 0.29) is 17.2 Å². The van der Waals surface area contributed by atoms with Gasteiger partial charge in [-0.2, -0.15) is 13.2 Å². The predicted octanol–water partition coefficient (Wildman–Crippen LogP) is 3.88. The molecular formula is C21H32F4N4. The Kier molecular flexibility index (Phi) is 7.91. The van der Waals surface area contributed by atoms with Gasteiger partial charge in [-0.05, 0) is 36.6 Å². The number of hydrogen-bond donors (Lipinski definition) is 1. The minimum Gasteiger partial charge on any atom is -0.355 e. The van der Waals surface area contributed by atoms with Crippen LogP contribution in [0.5, 0.6) is 0 Å². The second-order valence-electron chi connectivity index (χ2n) is 8.34. The molecule has 0 aliphatic carbocycles. The molecule has 1 aliphatic rings. The first-order valence-corrected chi connectivity index (χ1v) is 10.0. The summed E-state index contributed by atoms with van der Waals surface area (Å²) in [6.07, 6.45) is -3.34. The van der Waals surface area contributed by atoms with Crippen LogP contribution in [0.3, 0.4) is 0 Å². The van der Waals surface area contributed by atoms with E-state index < -0.39 is 12.7 Å². The molecule has 29 heavy (non-hydrogen) atoms. The highest BCUT2D eigenvalue weighted by Gasteiger charge is 2.33. The summed E-state index contributed by atoms with van der Waals surface area (Å²) in [7, 11) is 1.70. The van der Waals surface area contributed by atoms with E-state index in [1.807, 2.05) is 19.9 Å². The van der Waals surface area contributed by atoms with Crippen molar-refractivity contribution >= 4 is 5.96 Å². The quantitative estimate of drug-likeness (QED) is 0.416. The maximum absolute atomic E-state index is 13.6. The van der Waals surface area contributed by atoms with Crippen molar-refractivity contribution in [1.82, 2.24) is 15.1 Å². The van der Waals surface area contributed by atoms with Crippen molar-refractivity contribution in [2.45, 2.75) is 38.8 Å². The van der Waals surface area contributed by atoms with E-state index in [1.165, 1.54) is 17.0 Å². The van der Waals surface area contributed by atoms with Gasteiger partial charge < -0.3 is 10.2 Å². The van der Waals surface area contributed by atoms with Crippen molar-refractivity contribution < 1.29 is 17.6 Å². The van der Waals surface area contributed by atoms with Crippen molar-refractivity contribution in [2.24, 2.45) is 10.9 Å². The number of rotatable bonds is 7. The van der Waals surface area contributed by atoms with Gasteiger partial charge in [0.15, 0.2) is 5.96 Å². The number of likely N-dealkylation sites (tertiary alicyclic amines) is 1. The van der Waals surface area contributed by atoms with Gasteiger partial charge in [0.05, 0.1) is 6.54 Å². The van der Waals surface area contributed by atoms with E-state index in [4.69, 9.17) is 0 Å². The zero-order valence-electron chi connectivity index (χ0n) is 17.7. The Morgan fingerprint density at radius 3 is 2.62 bits per heavy atom. The van der Waals surface area contributed by atoms with E-state index in [9.17, 15) is 17.6 Å². The smallest absolute Gasteiger partial charge is 0.355 e. The number of nitrogens with one attached hydrogen (secondary N) is 1. The van der Waals surface area contributed by atoms with Gasteiger partial charge in [0.2, 0.25) is 0 Å². The molecule has 2 rings (SSSR count). The third kappa shape index (κ3) is 7.17. The Bertz CT molecular complexity index is 688. The fraction of sp³-hybridized carbons (Fsp3) is 0.667. The minimum absolute atomic E-state index is 0.173. The zero-order chi connectivity index (χ0) is 21.7. The summed E-state index contributed by atoms with van der Waals surface area (Å²) in [5, 5.41) is 3.36. The molecule has 0 aromatic heterocycles. The summed E-state index contributed by atoms with van der Waals surface area (Å²) in [5.74, 6) is 0.643. The summed E-state index contributed by atoms with van der Waals surface area (Å²) >= 11 is 0. The molecular weight excluding hydrogens is 384 g/mol. The van der Waals surface area contributed by atoms with Gasteiger partial charge in [-0.1, -0.05) is 32.9 Å². The normalized spacial score (nSPS) is 18.6. The lowest BCUT2D eigenvalue weighted by Crippen LogP contribution is -2.45. The van der Waals surface area contributed by atoms with Gasteiger partial charge in [-0.3, -0.25) is 9.89 Å². The minimum atomic E-state index is -4.17. The molecule has 1 unspecified atom stereocenters. The highest BCUT2D eigenvalue weighted by molar-refractivity contribution is 5.80. The van der Waals surface area contributed by atoms with E-state index in [2.05, 4.69) is 15.2 Å². The first-order chi connectivity index (χ1) is 13.5. The van der Waals surface area contributed by atoms with Gasteiger partial charge in [-0.25, -0.2) is 4.39 Å². The molecule has 1 aromatic rings. The lowest BCUT2D eigenvalue weighted by Gasteiger charge is -2.30. The van der Waals surface area contributed by atoms with Crippen molar-refractivity contribution in [3.8, 4) is 0 Å². The van der Waals surface area contributed by atoms with E-state index in [1.54, 1.807) is 20.0 Å². The number of nitrogens with zero attached hydrogens (tertiary/aromatic N) is 3. The Morgan fingerprint density at radius 1 is 1.31 bits per heavy atom. The van der Waals surface area contributed by atoms with Crippen LogP contribution in [0.2, 0.25) is 0 Å². The molecule has 1 fully saturated rings. The maximum Gasteiger partial charge on any atom is 0.401 e. The van der Waals surface area contributed by atoms with Crippen LogP contribution in [-0.4, -0.2) is 68.3 Å². The molecule has 164 valence electrons. The summed E-state index contributed by atoms with van der Waals surface area (Å²) in [6.45, 7) is 7.77. The molecule has 1 atom stereocenters. The Morgan fingerprint density at radius 2 is 2.03 bits per heavy atom. The average Bonchev–Trinajstić information content (AvgIpc) is 3.09. The van der Waals surface area contributed by atoms with Crippen LogP contribution in [0.4, 0.5) is 17.6 Å². The monoisotopic (exact) mass is 416 g/mol. The first kappa shape index (κ1) is 23.4. The van der Waals surface area contributed by atoms with Crippen LogP contribution in [-0.2, 0) is 5.41 Å². The number of hydrogen-bond acceptors (Lipinski definition) is 2. The van der Waals surface area contributed by atoms with Crippen LogP contribution in [0, 0.1) is 11.7 Å². The lowest BCUT2D eigenvalue weighted by molar-refractivity contribution is -0.146. The third-order valence-corrected chi connectivity index (χ3v) is 5.46. The van der Waals surface area contributed by atoms with Gasteiger partial charge in [0, 0.05) is 38.6 Å². The molecule has 1 heterocycles. The van der Waals surface area contributed by atoms with Gasteiger partial charge in [0.25, 0.3) is 0 Å². The highest BCUT2D eigenvalue weighted by atomic mass is 19.4. The second kappa shape index (κ2) is 9.78. The molecule has 0 bridgehead atoms. The molecule has 0 spiro atoms. The number of aliphatic imine (C=N–C) groups is 1. The standard InChI is InChI=1S/C21H32F4N4/c1-5-28(15-21(23,24)25)12-16-9-10-29(13-16)19(26-4)27-14-20(2,3)17-7-6-8-18(22)11-17/h6-8,11,16H,5,9-10,12-15H2,1-4H3,(H,26,27). The summed E-state index contributed by atoms with van der Waals surface area (Å²) in [6, 6.07) is 6.57. The topological polar surface area (TPSA) is 30.9 Å². The fourth-order valence-electron chi connectivity index (χ4n) is 3.74. The largest absolute Gasteiger partial charge is 0.401 e. The Balaban J connectivity index is 1.91. The maximum atomic E-state index is 13.6. The molecule has 0 saturated carbocycles. The van der Waals surface area contributed by atoms with Crippen molar-refractivity contribution in [3.63, 3.8) is 0 Å². The molecule has 1 aliphatic heterocycles. The van der Waals surface area contributed by atoms with E-state index in [0.717, 1.165) is 24.5 Å². The Labute approximate surface area is 171 Å². The van der Waals surface area contributed by atoms with Crippen LogP contribution in [0.15, 0.2) is 29.3 Å². The van der Waals surface area contributed by atoms with Crippen molar-refractivity contribution in [2.75, 3.05) is 46.3 Å². The zero-order valence-corrected chi connectivity index (χ0v) is 17.7. The third-order valence-electron chi connectivity index (χ3n) is 5.46. The average molecular weight is 417 g/mol. The molecule has 4 nitrogen and oxygen atoms in total. The molecule has 1 saturated heterocycles. The molecule has 1 aromatic carbocycles. The lowest BCUT2D eigenvalue weighted by atomic mass is 9.84. The van der Waals surface area contributed by atoms with Gasteiger partial charge >= 0.3 is 6.18 Å². The van der Waals surface area contributed by atoms with E-state index >= 15 is 0 Å². The van der Waals surface area contributed by atoms with Crippen LogP contribution in [0.25, 0.3) is 0 Å². The van der Waals surface area contributed by atoms with Crippen LogP contribution in [0.1, 0.15) is 32.8 Å².